The summed E-state index contributed by atoms with van der Waals surface area (Å²) in [4.78, 5) is 28.0. The van der Waals surface area contributed by atoms with Gasteiger partial charge in [-0.3, -0.25) is 9.59 Å². The van der Waals surface area contributed by atoms with Gasteiger partial charge in [-0.1, -0.05) is 19.9 Å². The summed E-state index contributed by atoms with van der Waals surface area (Å²) >= 11 is 0. The minimum Gasteiger partial charge on any atom is -0.325 e. The van der Waals surface area contributed by atoms with E-state index in [0.29, 0.717) is 11.4 Å². The molecule has 4 nitrogen and oxygen atoms in total. The van der Waals surface area contributed by atoms with Crippen LogP contribution < -0.4 is 5.32 Å². The molecule has 1 N–H and O–H groups in total. The Morgan fingerprint density at radius 3 is 2.41 bits per heavy atom. The fourth-order valence-electron chi connectivity index (χ4n) is 3.00. The number of nitrogens with one attached hydrogen (secondary N) is 1. The van der Waals surface area contributed by atoms with Gasteiger partial charge in [-0.25, -0.2) is 4.99 Å². The Morgan fingerprint density at radius 2 is 1.81 bits per heavy atom. The van der Waals surface area contributed by atoms with Gasteiger partial charge in [0.25, 0.3) is 5.91 Å². The van der Waals surface area contributed by atoms with Crippen molar-refractivity contribution in [2.24, 2.45) is 16.8 Å². The van der Waals surface area contributed by atoms with Crippen molar-refractivity contribution in [1.29, 1.82) is 0 Å². The third-order valence-electron chi connectivity index (χ3n) is 4.38. The molecule has 1 aliphatic carbocycles. The van der Waals surface area contributed by atoms with Crippen LogP contribution in [0.5, 0.6) is 0 Å². The molecule has 0 saturated carbocycles. The normalized spacial score (nSPS) is 20.9. The topological polar surface area (TPSA) is 58.5 Å². The van der Waals surface area contributed by atoms with Gasteiger partial charge >= 0.3 is 6.18 Å². The fourth-order valence-corrected chi connectivity index (χ4v) is 3.00. The molecule has 0 aromatic heterocycles. The van der Waals surface area contributed by atoms with Crippen LogP contribution in [0.4, 0.5) is 13.2 Å². The molecule has 1 unspecified atom stereocenters. The predicted molar refractivity (Wildman–Crippen MR) is 95.0 cm³/mol. The lowest BCUT2D eigenvalue weighted by Gasteiger charge is -2.29. The summed E-state index contributed by atoms with van der Waals surface area (Å²) in [5, 5.41) is 2.75. The first-order chi connectivity index (χ1) is 12.6. The van der Waals surface area contributed by atoms with Crippen LogP contribution in [0.15, 0.2) is 64.8 Å². The molecule has 0 radical (unpaired) electrons. The summed E-state index contributed by atoms with van der Waals surface area (Å²) in [5.74, 6) is -0.783. The first-order valence-corrected chi connectivity index (χ1v) is 8.37. The van der Waals surface area contributed by atoms with E-state index in [9.17, 15) is 22.8 Å². The number of benzene rings is 1. The van der Waals surface area contributed by atoms with E-state index in [1.165, 1.54) is 0 Å². The van der Waals surface area contributed by atoms with Crippen molar-refractivity contribution in [3.8, 4) is 0 Å². The van der Waals surface area contributed by atoms with Gasteiger partial charge in [0.05, 0.1) is 11.3 Å². The van der Waals surface area contributed by atoms with Crippen LogP contribution in [0.25, 0.3) is 0 Å². The third kappa shape index (κ3) is 4.07. The third-order valence-corrected chi connectivity index (χ3v) is 4.38. The molecule has 1 aliphatic heterocycles. The Morgan fingerprint density at radius 1 is 1.15 bits per heavy atom. The zero-order valence-corrected chi connectivity index (χ0v) is 14.7. The van der Waals surface area contributed by atoms with Crippen LogP contribution >= 0.6 is 0 Å². The van der Waals surface area contributed by atoms with E-state index >= 15 is 0 Å². The van der Waals surface area contributed by atoms with Gasteiger partial charge in [0.2, 0.25) is 5.91 Å². The summed E-state index contributed by atoms with van der Waals surface area (Å²) in [6.45, 7) is 3.99. The Balaban J connectivity index is 1.83. The average molecular weight is 374 g/mol. The van der Waals surface area contributed by atoms with Crippen LogP contribution in [-0.4, -0.2) is 17.5 Å². The second-order valence-corrected chi connectivity index (χ2v) is 6.64. The molecule has 1 aromatic rings. The second kappa shape index (κ2) is 6.98. The Hall–Kier alpha value is -2.96. The lowest BCUT2D eigenvalue weighted by molar-refractivity contribution is -0.137. The molecule has 27 heavy (non-hydrogen) atoms. The van der Waals surface area contributed by atoms with Gasteiger partial charge in [-0.05, 0) is 47.9 Å². The molecule has 0 saturated heterocycles. The van der Waals surface area contributed by atoms with Crippen LogP contribution in [0.1, 0.15) is 29.8 Å². The highest BCUT2D eigenvalue weighted by Gasteiger charge is 2.30. The average Bonchev–Trinajstić information content (AvgIpc) is 2.60. The maximum atomic E-state index is 12.6. The number of aliphatic imine (C=N–C) groups is 1. The summed E-state index contributed by atoms with van der Waals surface area (Å²) in [7, 11) is 0. The van der Waals surface area contributed by atoms with Crippen LogP contribution in [0, 0.1) is 11.8 Å². The smallest absolute Gasteiger partial charge is 0.325 e. The highest BCUT2D eigenvalue weighted by molar-refractivity contribution is 6.14. The molecule has 1 atom stereocenters. The van der Waals surface area contributed by atoms with Crippen molar-refractivity contribution in [1.82, 2.24) is 5.32 Å². The summed E-state index contributed by atoms with van der Waals surface area (Å²) in [6.07, 6.45) is 2.25. The van der Waals surface area contributed by atoms with Crippen molar-refractivity contribution < 1.29 is 22.8 Å². The van der Waals surface area contributed by atoms with Crippen molar-refractivity contribution in [3.63, 3.8) is 0 Å². The number of carbonyl (C=O) groups excluding carboxylic acids is 2. The van der Waals surface area contributed by atoms with Gasteiger partial charge in [0, 0.05) is 23.3 Å². The molecular weight excluding hydrogens is 357 g/mol. The highest BCUT2D eigenvalue weighted by Crippen LogP contribution is 2.32. The van der Waals surface area contributed by atoms with Gasteiger partial charge in [-0.15, -0.1) is 0 Å². The zero-order valence-electron chi connectivity index (χ0n) is 14.7. The number of nitrogens with zero attached hydrogens (tertiary/aromatic N) is 1. The predicted octanol–water partition coefficient (Wildman–Crippen LogP) is 4.07. The van der Waals surface area contributed by atoms with Crippen LogP contribution in [-0.2, 0) is 11.0 Å². The summed E-state index contributed by atoms with van der Waals surface area (Å²) in [6, 6.07) is 3.89. The molecule has 3 rings (SSSR count). The first kappa shape index (κ1) is 18.8. The molecule has 7 heteroatoms. The number of carbonyl (C=O) groups is 2. The van der Waals surface area contributed by atoms with E-state index in [-0.39, 0.29) is 23.3 Å². The summed E-state index contributed by atoms with van der Waals surface area (Å²) < 4.78 is 37.8. The van der Waals surface area contributed by atoms with E-state index in [1.807, 2.05) is 19.9 Å². The zero-order chi connectivity index (χ0) is 19.8. The number of hydrogen-bond donors (Lipinski definition) is 1. The maximum Gasteiger partial charge on any atom is 0.416 e. The first-order valence-electron chi connectivity index (χ1n) is 8.37. The fraction of sp³-hybridized carbons (Fsp3) is 0.250. The molecule has 2 amide bonds. The molecule has 0 bridgehead atoms. The molecule has 1 heterocycles. The maximum absolute atomic E-state index is 12.6. The quantitative estimate of drug-likeness (QED) is 0.848. The van der Waals surface area contributed by atoms with Gasteiger partial charge < -0.3 is 5.32 Å². The molecule has 2 aliphatic rings. The highest BCUT2D eigenvalue weighted by atomic mass is 19.4. The molecule has 0 fully saturated rings. The minimum absolute atomic E-state index is 0.0554. The molecular formula is C20H17F3N2O2. The Labute approximate surface area is 154 Å². The number of fused-ring (bicyclic) bond motifs is 1. The SMILES string of the molecule is CC(C)C1=CC(=O)NC2=CC(=NC(=O)c3ccc(C(F)(F)F)cc3)C=CC21. The molecule has 1 aromatic carbocycles. The van der Waals surface area contributed by atoms with E-state index < -0.39 is 17.6 Å². The van der Waals surface area contributed by atoms with Gasteiger partial charge in [0.15, 0.2) is 0 Å². The van der Waals surface area contributed by atoms with Crippen molar-refractivity contribution in [3.05, 3.63) is 71.0 Å². The van der Waals surface area contributed by atoms with Crippen LogP contribution in [0.3, 0.4) is 0 Å². The second-order valence-electron chi connectivity index (χ2n) is 6.64. The van der Waals surface area contributed by atoms with Gasteiger partial charge in [-0.2, -0.15) is 13.2 Å². The Kier molecular flexibility index (Phi) is 4.87. The minimum atomic E-state index is -4.46. The Bertz CT molecular complexity index is 904. The van der Waals surface area contributed by atoms with Crippen molar-refractivity contribution in [2.75, 3.05) is 0 Å². The standard InChI is InChI=1S/C20H17F3N2O2/c1-11(2)16-10-18(26)25-17-9-14(7-8-15(16)17)24-19(27)12-3-5-13(6-4-12)20(21,22)23/h3-11,15H,1-2H3,(H,25,26). The number of allylic oxidation sites excluding steroid dienone is 3. The number of hydrogen-bond acceptors (Lipinski definition) is 2. The molecule has 140 valence electrons. The van der Waals surface area contributed by atoms with E-state index in [4.69, 9.17) is 0 Å². The van der Waals surface area contributed by atoms with Crippen molar-refractivity contribution >= 4 is 17.5 Å². The van der Waals surface area contributed by atoms with Crippen LogP contribution in [0.2, 0.25) is 0 Å². The van der Waals surface area contributed by atoms with Gasteiger partial charge in [0.1, 0.15) is 0 Å². The lowest BCUT2D eigenvalue weighted by atomic mass is 9.82. The number of amides is 2. The lowest BCUT2D eigenvalue weighted by Crippen LogP contribution is -2.34. The van der Waals surface area contributed by atoms with E-state index in [2.05, 4.69) is 10.3 Å². The number of halogens is 3. The van der Waals surface area contributed by atoms with Crippen molar-refractivity contribution in [2.45, 2.75) is 20.0 Å². The number of alkyl halides is 3. The monoisotopic (exact) mass is 374 g/mol. The number of rotatable bonds is 2. The molecule has 0 spiro atoms. The summed E-state index contributed by atoms with van der Waals surface area (Å²) in [5.41, 5.74) is 1.16. The van der Waals surface area contributed by atoms with E-state index in [0.717, 1.165) is 29.8 Å². The van der Waals surface area contributed by atoms with E-state index in [1.54, 1.807) is 18.2 Å². The largest absolute Gasteiger partial charge is 0.416 e.